The van der Waals surface area contributed by atoms with Gasteiger partial charge in [0, 0.05) is 4.98 Å². The molecule has 11 heteroatoms. The number of nitrogens with zero attached hydrogens (tertiary/aromatic N) is 3. The van der Waals surface area contributed by atoms with Crippen LogP contribution >= 0.6 is 0 Å². The Morgan fingerprint density at radius 3 is 2.56 bits per heavy atom. The number of alkyl halides is 3. The lowest BCUT2D eigenvalue weighted by molar-refractivity contribution is -0.389. The molecule has 0 N–H and O–H groups in total. The van der Waals surface area contributed by atoms with Gasteiger partial charge in [0.1, 0.15) is 24.3 Å². The standard InChI is InChI=1S/C14H12F3N3O5/c1-13(7-19-6-11(20(21)22)18-12(19)25-13)8-23-9-2-4-10(5-3-9)24-14(15,16)17/h2-6H,7-8H2,1H3. The zero-order chi connectivity index (χ0) is 18.2. The molecular weight excluding hydrogens is 347 g/mol. The monoisotopic (exact) mass is 359 g/mol. The lowest BCUT2D eigenvalue weighted by Crippen LogP contribution is -2.38. The summed E-state index contributed by atoms with van der Waals surface area (Å²) in [6.07, 6.45) is -3.49. The van der Waals surface area contributed by atoms with E-state index in [0.717, 1.165) is 12.1 Å². The molecule has 1 aliphatic heterocycles. The fourth-order valence-corrected chi connectivity index (χ4v) is 2.33. The third-order valence-corrected chi connectivity index (χ3v) is 3.36. The minimum Gasteiger partial charge on any atom is -0.489 e. The zero-order valence-electron chi connectivity index (χ0n) is 12.8. The average molecular weight is 359 g/mol. The Bertz CT molecular complexity index is 765. The predicted molar refractivity (Wildman–Crippen MR) is 76.5 cm³/mol. The van der Waals surface area contributed by atoms with Gasteiger partial charge in [0.15, 0.2) is 5.60 Å². The van der Waals surface area contributed by atoms with Gasteiger partial charge in [-0.15, -0.1) is 13.2 Å². The Morgan fingerprint density at radius 1 is 1.36 bits per heavy atom. The van der Waals surface area contributed by atoms with Gasteiger partial charge >= 0.3 is 18.2 Å². The quantitative estimate of drug-likeness (QED) is 0.602. The van der Waals surface area contributed by atoms with Gasteiger partial charge in [-0.1, -0.05) is 0 Å². The van der Waals surface area contributed by atoms with Crippen LogP contribution in [0.2, 0.25) is 0 Å². The molecule has 3 rings (SSSR count). The highest BCUT2D eigenvalue weighted by molar-refractivity contribution is 5.31. The Labute approximate surface area is 138 Å². The van der Waals surface area contributed by atoms with Crippen molar-refractivity contribution in [3.8, 4) is 17.5 Å². The van der Waals surface area contributed by atoms with Crippen molar-refractivity contribution in [2.24, 2.45) is 0 Å². The summed E-state index contributed by atoms with van der Waals surface area (Å²) in [6, 6.07) is 5.06. The Kier molecular flexibility index (Phi) is 3.93. The highest BCUT2D eigenvalue weighted by Crippen LogP contribution is 2.32. The number of rotatable bonds is 5. The fraction of sp³-hybridized carbons (Fsp3) is 0.357. The van der Waals surface area contributed by atoms with Crippen LogP contribution in [0.4, 0.5) is 19.0 Å². The van der Waals surface area contributed by atoms with Crippen molar-refractivity contribution in [2.75, 3.05) is 6.61 Å². The molecule has 2 heterocycles. The first-order chi connectivity index (χ1) is 11.6. The van der Waals surface area contributed by atoms with E-state index >= 15 is 0 Å². The van der Waals surface area contributed by atoms with E-state index in [1.165, 1.54) is 22.9 Å². The SMILES string of the molecule is CC1(COc2ccc(OC(F)(F)F)cc2)Cn2cc([N+](=O)[O-])nc2O1. The number of hydrogen-bond donors (Lipinski definition) is 0. The average Bonchev–Trinajstić information content (AvgIpc) is 3.00. The Morgan fingerprint density at radius 2 is 2.00 bits per heavy atom. The molecule has 1 unspecified atom stereocenters. The van der Waals surface area contributed by atoms with Gasteiger partial charge in [-0.2, -0.15) is 0 Å². The maximum Gasteiger partial charge on any atom is 0.573 e. The Hall–Kier alpha value is -2.98. The van der Waals surface area contributed by atoms with Crippen molar-refractivity contribution < 1.29 is 32.3 Å². The van der Waals surface area contributed by atoms with Crippen LogP contribution in [0.15, 0.2) is 30.5 Å². The first kappa shape index (κ1) is 16.9. The van der Waals surface area contributed by atoms with Gasteiger partial charge in [0.05, 0.1) is 6.54 Å². The summed E-state index contributed by atoms with van der Waals surface area (Å²) in [5, 5.41) is 10.7. The number of fused-ring (bicyclic) bond motifs is 1. The van der Waals surface area contributed by atoms with Crippen LogP contribution < -0.4 is 14.2 Å². The smallest absolute Gasteiger partial charge is 0.489 e. The first-order valence-corrected chi connectivity index (χ1v) is 7.03. The van der Waals surface area contributed by atoms with Gasteiger partial charge < -0.3 is 24.3 Å². The van der Waals surface area contributed by atoms with Crippen LogP contribution in [-0.2, 0) is 6.54 Å². The Balaban J connectivity index is 1.58. The van der Waals surface area contributed by atoms with E-state index in [2.05, 4.69) is 9.72 Å². The molecule has 0 radical (unpaired) electrons. The van der Waals surface area contributed by atoms with Crippen LogP contribution in [0.3, 0.4) is 0 Å². The number of nitro groups is 1. The molecule has 134 valence electrons. The number of aromatic nitrogens is 2. The van der Waals surface area contributed by atoms with E-state index in [4.69, 9.17) is 9.47 Å². The molecule has 0 bridgehead atoms. The molecule has 25 heavy (non-hydrogen) atoms. The molecule has 1 aromatic carbocycles. The minimum absolute atomic E-state index is 0.0730. The summed E-state index contributed by atoms with van der Waals surface area (Å²) in [7, 11) is 0. The second-order valence-corrected chi connectivity index (χ2v) is 5.63. The maximum atomic E-state index is 12.1. The molecule has 1 aliphatic rings. The van der Waals surface area contributed by atoms with Gasteiger partial charge in [0.2, 0.25) is 0 Å². The fourth-order valence-electron chi connectivity index (χ4n) is 2.33. The third kappa shape index (κ3) is 3.92. The number of benzene rings is 1. The van der Waals surface area contributed by atoms with Gasteiger partial charge in [-0.3, -0.25) is 4.57 Å². The molecular formula is C14H12F3N3O5. The largest absolute Gasteiger partial charge is 0.573 e. The van der Waals surface area contributed by atoms with Crippen LogP contribution in [0, 0.1) is 10.1 Å². The third-order valence-electron chi connectivity index (χ3n) is 3.36. The topological polar surface area (TPSA) is 88.7 Å². The molecule has 1 aromatic heterocycles. The van der Waals surface area contributed by atoms with E-state index in [0.29, 0.717) is 12.3 Å². The summed E-state index contributed by atoms with van der Waals surface area (Å²) >= 11 is 0. The van der Waals surface area contributed by atoms with Crippen LogP contribution in [0.5, 0.6) is 17.5 Å². The van der Waals surface area contributed by atoms with Crippen molar-refractivity contribution in [2.45, 2.75) is 25.4 Å². The molecule has 0 aliphatic carbocycles. The molecule has 2 aromatic rings. The molecule has 0 amide bonds. The van der Waals surface area contributed by atoms with Crippen LogP contribution in [0.25, 0.3) is 0 Å². The van der Waals surface area contributed by atoms with Crippen LogP contribution in [0.1, 0.15) is 6.92 Å². The van der Waals surface area contributed by atoms with E-state index in [1.807, 2.05) is 0 Å². The second-order valence-electron chi connectivity index (χ2n) is 5.63. The molecule has 0 spiro atoms. The minimum atomic E-state index is -4.75. The van der Waals surface area contributed by atoms with E-state index in [9.17, 15) is 23.3 Å². The normalized spacial score (nSPS) is 19.2. The van der Waals surface area contributed by atoms with Crippen molar-refractivity contribution in [3.05, 3.63) is 40.6 Å². The summed E-state index contributed by atoms with van der Waals surface area (Å²) in [4.78, 5) is 13.8. The van der Waals surface area contributed by atoms with Crippen molar-refractivity contribution >= 4 is 5.82 Å². The first-order valence-electron chi connectivity index (χ1n) is 7.03. The summed E-state index contributed by atoms with van der Waals surface area (Å²) < 4.78 is 52.7. The van der Waals surface area contributed by atoms with E-state index < -0.39 is 16.9 Å². The maximum absolute atomic E-state index is 12.1. The van der Waals surface area contributed by atoms with Gasteiger partial charge in [-0.05, 0) is 36.1 Å². The lowest BCUT2D eigenvalue weighted by Gasteiger charge is -2.22. The van der Waals surface area contributed by atoms with Crippen molar-refractivity contribution in [1.82, 2.24) is 9.55 Å². The highest BCUT2D eigenvalue weighted by atomic mass is 19.4. The number of hydrogen-bond acceptors (Lipinski definition) is 6. The van der Waals surface area contributed by atoms with Crippen molar-refractivity contribution in [1.29, 1.82) is 0 Å². The number of halogens is 3. The molecule has 0 saturated heterocycles. The van der Waals surface area contributed by atoms with E-state index in [-0.39, 0.29) is 24.2 Å². The zero-order valence-corrected chi connectivity index (χ0v) is 12.8. The number of imidazole rings is 1. The molecule has 0 fully saturated rings. The number of ether oxygens (including phenoxy) is 3. The molecule has 8 nitrogen and oxygen atoms in total. The highest BCUT2D eigenvalue weighted by Gasteiger charge is 2.41. The molecule has 1 atom stereocenters. The van der Waals surface area contributed by atoms with Gasteiger partial charge in [0.25, 0.3) is 0 Å². The van der Waals surface area contributed by atoms with Crippen molar-refractivity contribution in [3.63, 3.8) is 0 Å². The summed E-state index contributed by atoms with van der Waals surface area (Å²) in [5.41, 5.74) is -0.807. The second kappa shape index (κ2) is 5.83. The van der Waals surface area contributed by atoms with Crippen LogP contribution in [-0.4, -0.2) is 33.0 Å². The van der Waals surface area contributed by atoms with Gasteiger partial charge in [-0.25, -0.2) is 0 Å². The predicted octanol–water partition coefficient (Wildman–Crippen LogP) is 2.92. The van der Waals surface area contributed by atoms with E-state index in [1.54, 1.807) is 6.92 Å². The summed E-state index contributed by atoms with van der Waals surface area (Å²) in [6.45, 7) is 2.09. The lowest BCUT2D eigenvalue weighted by atomic mass is 10.1. The summed E-state index contributed by atoms with van der Waals surface area (Å²) in [5.74, 6) is -0.330. The molecule has 0 saturated carbocycles.